The van der Waals surface area contributed by atoms with Gasteiger partial charge in [-0.05, 0) is 37.0 Å². The van der Waals surface area contributed by atoms with Gasteiger partial charge < -0.3 is 9.30 Å². The summed E-state index contributed by atoms with van der Waals surface area (Å²) in [6, 6.07) is 7.92. The largest absolute Gasteiger partial charge is 0.469 e. The number of esters is 1. The maximum Gasteiger partial charge on any atom is 0.305 e. The van der Waals surface area contributed by atoms with Crippen molar-refractivity contribution in [3.8, 4) is 0 Å². The number of hydrogen-bond acceptors (Lipinski definition) is 3. The first-order valence-corrected chi connectivity index (χ1v) is 9.54. The molecule has 0 atom stereocenters. The normalized spacial score (nSPS) is 11.2. The Morgan fingerprint density at radius 1 is 1.31 bits per heavy atom. The second-order valence-electron chi connectivity index (χ2n) is 6.25. The van der Waals surface area contributed by atoms with Crippen molar-refractivity contribution in [1.29, 1.82) is 0 Å². The number of allylic oxidation sites excluding steroid dienone is 1. The van der Waals surface area contributed by atoms with Crippen molar-refractivity contribution in [3.63, 3.8) is 0 Å². The Balaban J connectivity index is 2.11. The molecule has 2 rings (SSSR count). The summed E-state index contributed by atoms with van der Waals surface area (Å²) in [6.07, 6.45) is 11.3. The van der Waals surface area contributed by atoms with E-state index in [-0.39, 0.29) is 5.97 Å². The summed E-state index contributed by atoms with van der Waals surface area (Å²) in [5.74, 6) is 0.921. The maximum absolute atomic E-state index is 11.2. The number of imidazole rings is 1. The number of methoxy groups -OCH3 is 1. The van der Waals surface area contributed by atoms with Gasteiger partial charge in [0.05, 0.1) is 25.5 Å². The molecule has 0 radical (unpaired) electrons. The van der Waals surface area contributed by atoms with E-state index < -0.39 is 0 Å². The van der Waals surface area contributed by atoms with Crippen LogP contribution < -0.4 is 0 Å². The Kier molecular flexibility index (Phi) is 8.42. The number of benzene rings is 1. The molecular weight excluding hydrogens is 348 g/mol. The van der Waals surface area contributed by atoms with E-state index >= 15 is 0 Å². The van der Waals surface area contributed by atoms with Gasteiger partial charge in [-0.2, -0.15) is 0 Å². The molecule has 0 spiro atoms. The summed E-state index contributed by atoms with van der Waals surface area (Å²) in [5, 5.41) is 0.774. The smallest absolute Gasteiger partial charge is 0.305 e. The topological polar surface area (TPSA) is 44.1 Å². The van der Waals surface area contributed by atoms with E-state index in [1.54, 1.807) is 0 Å². The zero-order valence-corrected chi connectivity index (χ0v) is 16.3. The predicted octanol–water partition coefficient (Wildman–Crippen LogP) is 5.28. The lowest BCUT2D eigenvalue weighted by atomic mass is 10.2. The van der Waals surface area contributed by atoms with Crippen molar-refractivity contribution in [1.82, 2.24) is 9.55 Å². The Morgan fingerprint density at radius 2 is 2.12 bits per heavy atom. The first kappa shape index (κ1) is 20.2. The van der Waals surface area contributed by atoms with Gasteiger partial charge in [0.2, 0.25) is 0 Å². The third kappa shape index (κ3) is 6.03. The van der Waals surface area contributed by atoms with Gasteiger partial charge in [0.25, 0.3) is 0 Å². The number of rotatable bonds is 10. The van der Waals surface area contributed by atoms with Crippen LogP contribution in [0.2, 0.25) is 5.02 Å². The minimum absolute atomic E-state index is 0.163. The molecule has 5 heteroatoms. The highest BCUT2D eigenvalue weighted by Gasteiger charge is 2.10. The van der Waals surface area contributed by atoms with E-state index in [4.69, 9.17) is 11.6 Å². The summed E-state index contributed by atoms with van der Waals surface area (Å²) < 4.78 is 6.89. The lowest BCUT2D eigenvalue weighted by molar-refractivity contribution is -0.140. The number of hydrogen-bond donors (Lipinski definition) is 0. The van der Waals surface area contributed by atoms with Gasteiger partial charge in [-0.1, -0.05) is 49.2 Å². The number of carbonyl (C=O) groups excluding carboxylic acids is 1. The summed E-state index contributed by atoms with van der Waals surface area (Å²) in [4.78, 5) is 15.8. The molecule has 1 aromatic carbocycles. The molecule has 0 saturated carbocycles. The zero-order valence-electron chi connectivity index (χ0n) is 15.6. The highest BCUT2D eigenvalue weighted by molar-refractivity contribution is 6.31. The van der Waals surface area contributed by atoms with Gasteiger partial charge in [0.15, 0.2) is 0 Å². The fraction of sp³-hybridized carbons (Fsp3) is 0.429. The molecule has 1 heterocycles. The van der Waals surface area contributed by atoms with Crippen LogP contribution in [0.1, 0.15) is 56.1 Å². The molecule has 2 aromatic rings. The van der Waals surface area contributed by atoms with Gasteiger partial charge in [0.1, 0.15) is 5.82 Å². The van der Waals surface area contributed by atoms with E-state index in [0.29, 0.717) is 13.0 Å². The van der Waals surface area contributed by atoms with Crippen LogP contribution in [-0.4, -0.2) is 22.6 Å². The van der Waals surface area contributed by atoms with Crippen molar-refractivity contribution < 1.29 is 9.53 Å². The van der Waals surface area contributed by atoms with Crippen LogP contribution >= 0.6 is 11.6 Å². The number of ether oxygens (including phenoxy) is 1. The number of halogens is 1. The van der Waals surface area contributed by atoms with Crippen LogP contribution in [0.3, 0.4) is 0 Å². The Hall–Kier alpha value is -2.07. The third-order valence-corrected chi connectivity index (χ3v) is 4.65. The quantitative estimate of drug-likeness (QED) is 0.419. The van der Waals surface area contributed by atoms with E-state index in [1.807, 2.05) is 24.4 Å². The first-order chi connectivity index (χ1) is 12.7. The fourth-order valence-electron chi connectivity index (χ4n) is 2.75. The molecule has 140 valence electrons. The van der Waals surface area contributed by atoms with E-state index in [9.17, 15) is 4.79 Å². The minimum Gasteiger partial charge on any atom is -0.469 e. The first-order valence-electron chi connectivity index (χ1n) is 9.16. The Bertz CT molecular complexity index is 737. The lowest BCUT2D eigenvalue weighted by Crippen LogP contribution is -2.07. The van der Waals surface area contributed by atoms with Gasteiger partial charge in [-0.15, -0.1) is 0 Å². The lowest BCUT2D eigenvalue weighted by Gasteiger charge is -2.12. The molecule has 0 aliphatic carbocycles. The molecule has 0 fully saturated rings. The van der Waals surface area contributed by atoms with Crippen molar-refractivity contribution in [2.24, 2.45) is 0 Å². The molecule has 1 aromatic heterocycles. The standard InChI is InChI=1S/C21H27ClN2O2/c1-3-4-13-20-23-15-18(11-6-5-7-14-21(25)26-2)24(20)16-17-10-8-9-12-19(17)22/h6,8-12,15H,3-5,7,13-14,16H2,1-2H3/b11-6+. The summed E-state index contributed by atoms with van der Waals surface area (Å²) in [5.41, 5.74) is 2.15. The minimum atomic E-state index is -0.163. The van der Waals surface area contributed by atoms with Crippen LogP contribution in [0.25, 0.3) is 6.08 Å². The number of nitrogens with zero attached hydrogens (tertiary/aromatic N) is 2. The molecule has 0 bridgehead atoms. The molecule has 0 amide bonds. The van der Waals surface area contributed by atoms with Crippen molar-refractivity contribution in [3.05, 3.63) is 58.6 Å². The summed E-state index contributed by atoms with van der Waals surface area (Å²) >= 11 is 6.34. The van der Waals surface area contributed by atoms with Crippen LogP contribution in [0.5, 0.6) is 0 Å². The van der Waals surface area contributed by atoms with E-state index in [0.717, 1.165) is 54.2 Å². The number of aromatic nitrogens is 2. The monoisotopic (exact) mass is 374 g/mol. The SMILES string of the molecule is CCCCc1ncc(/C=C/CCCC(=O)OC)n1Cc1ccccc1Cl. The van der Waals surface area contributed by atoms with Gasteiger partial charge in [-0.25, -0.2) is 4.98 Å². The molecule has 26 heavy (non-hydrogen) atoms. The Morgan fingerprint density at radius 3 is 2.85 bits per heavy atom. The highest BCUT2D eigenvalue weighted by Crippen LogP contribution is 2.20. The second-order valence-corrected chi connectivity index (χ2v) is 6.66. The van der Waals surface area contributed by atoms with E-state index in [2.05, 4.69) is 39.4 Å². The van der Waals surface area contributed by atoms with Crippen LogP contribution in [0, 0.1) is 0 Å². The predicted molar refractivity (Wildman–Crippen MR) is 106 cm³/mol. The van der Waals surface area contributed by atoms with Gasteiger partial charge in [0, 0.05) is 17.9 Å². The second kappa shape index (κ2) is 10.8. The zero-order chi connectivity index (χ0) is 18.8. The number of carbonyl (C=O) groups is 1. The Labute approximate surface area is 160 Å². The van der Waals surface area contributed by atoms with Gasteiger partial charge >= 0.3 is 5.97 Å². The van der Waals surface area contributed by atoms with Crippen LogP contribution in [0.15, 0.2) is 36.5 Å². The molecule has 4 nitrogen and oxygen atoms in total. The fourth-order valence-corrected chi connectivity index (χ4v) is 2.94. The average molecular weight is 375 g/mol. The third-order valence-electron chi connectivity index (χ3n) is 4.28. The van der Waals surface area contributed by atoms with Crippen molar-refractivity contribution in [2.75, 3.05) is 7.11 Å². The van der Waals surface area contributed by atoms with Crippen molar-refractivity contribution in [2.45, 2.75) is 52.0 Å². The van der Waals surface area contributed by atoms with Crippen molar-refractivity contribution >= 4 is 23.6 Å². The van der Waals surface area contributed by atoms with Crippen LogP contribution in [-0.2, 0) is 22.5 Å². The molecular formula is C21H27ClN2O2. The molecule has 0 N–H and O–H groups in total. The van der Waals surface area contributed by atoms with Crippen LogP contribution in [0.4, 0.5) is 0 Å². The maximum atomic E-state index is 11.2. The number of unbranched alkanes of at least 4 members (excludes halogenated alkanes) is 2. The summed E-state index contributed by atoms with van der Waals surface area (Å²) in [7, 11) is 1.42. The molecule has 0 unspecified atom stereocenters. The molecule has 0 saturated heterocycles. The molecule has 0 aliphatic heterocycles. The molecule has 0 aliphatic rings. The average Bonchev–Trinajstić information content (AvgIpc) is 3.03. The summed E-state index contributed by atoms with van der Waals surface area (Å²) in [6.45, 7) is 2.89. The van der Waals surface area contributed by atoms with E-state index in [1.165, 1.54) is 7.11 Å². The number of aryl methyl sites for hydroxylation is 1. The van der Waals surface area contributed by atoms with Gasteiger partial charge in [-0.3, -0.25) is 4.79 Å². The highest BCUT2D eigenvalue weighted by atomic mass is 35.5.